The summed E-state index contributed by atoms with van der Waals surface area (Å²) in [6.45, 7) is 4.45. The molecule has 0 radical (unpaired) electrons. The van der Waals surface area contributed by atoms with E-state index in [2.05, 4.69) is 12.6 Å². The van der Waals surface area contributed by atoms with Crippen molar-refractivity contribution in [3.8, 4) is 11.5 Å². The summed E-state index contributed by atoms with van der Waals surface area (Å²) in [5.74, 6) is 0.469. The number of rotatable bonds is 7. The first-order valence-electron chi connectivity index (χ1n) is 8.44. The lowest BCUT2D eigenvalue weighted by Gasteiger charge is -2.18. The molecule has 1 heterocycles. The molecular formula is C21H21ClN2O3. The third-order valence-electron chi connectivity index (χ3n) is 4.28. The number of hydrogen-bond donors (Lipinski definition) is 1. The Morgan fingerprint density at radius 1 is 1.26 bits per heavy atom. The van der Waals surface area contributed by atoms with Gasteiger partial charge in [-0.2, -0.15) is 0 Å². The van der Waals surface area contributed by atoms with Crippen LogP contribution in [0.15, 0.2) is 60.8 Å². The number of aromatic nitrogens is 1. The second kappa shape index (κ2) is 7.86. The lowest BCUT2D eigenvalue weighted by atomic mass is 10.1. The van der Waals surface area contributed by atoms with Gasteiger partial charge in [-0.25, -0.2) is 4.79 Å². The minimum absolute atomic E-state index is 0.162. The molecule has 6 heteroatoms. The molecule has 1 N–H and O–H groups in total. The van der Waals surface area contributed by atoms with Gasteiger partial charge in [-0.15, -0.1) is 0 Å². The van der Waals surface area contributed by atoms with Gasteiger partial charge in [0.15, 0.2) is 0 Å². The maximum Gasteiger partial charge on any atom is 0.332 e. The third-order valence-corrected chi connectivity index (χ3v) is 4.53. The fraction of sp³-hybridized carbons (Fsp3) is 0.190. The number of hydrogen-bond acceptors (Lipinski definition) is 3. The molecule has 0 bridgehead atoms. The smallest absolute Gasteiger partial charge is 0.332 e. The van der Waals surface area contributed by atoms with Crippen LogP contribution >= 0.6 is 11.6 Å². The summed E-state index contributed by atoms with van der Waals surface area (Å²) in [7, 11) is 3.84. The van der Waals surface area contributed by atoms with E-state index >= 15 is 0 Å². The number of carboxylic acids is 1. The Bertz CT molecular complexity index is 993. The zero-order valence-electron chi connectivity index (χ0n) is 15.3. The van der Waals surface area contributed by atoms with E-state index < -0.39 is 5.97 Å². The van der Waals surface area contributed by atoms with Crippen LogP contribution in [0, 0.1) is 0 Å². The molecule has 0 aliphatic rings. The number of carboxylic acid groups (broad SMARTS) is 1. The summed E-state index contributed by atoms with van der Waals surface area (Å²) in [4.78, 5) is 12.9. The van der Waals surface area contributed by atoms with Gasteiger partial charge in [-0.05, 0) is 55.1 Å². The van der Waals surface area contributed by atoms with Gasteiger partial charge in [-0.3, -0.25) is 4.90 Å². The Balaban J connectivity index is 1.90. The summed E-state index contributed by atoms with van der Waals surface area (Å²) in [5, 5.41) is 10.7. The first-order valence-corrected chi connectivity index (χ1v) is 8.82. The molecule has 0 fully saturated rings. The Morgan fingerprint density at radius 3 is 2.63 bits per heavy atom. The third kappa shape index (κ3) is 4.51. The zero-order valence-corrected chi connectivity index (χ0v) is 16.0. The fourth-order valence-electron chi connectivity index (χ4n) is 2.96. The number of halogens is 1. The van der Waals surface area contributed by atoms with Crippen LogP contribution in [-0.2, 0) is 18.4 Å². The van der Waals surface area contributed by atoms with Crippen LogP contribution in [0.2, 0.25) is 5.02 Å². The van der Waals surface area contributed by atoms with E-state index in [9.17, 15) is 4.79 Å². The Hall–Kier alpha value is -2.76. The molecule has 0 spiro atoms. The number of likely N-dealkylation sites (N-methyl/N-ethyl adjacent to an activating group) is 1. The highest BCUT2D eigenvalue weighted by atomic mass is 35.5. The first kappa shape index (κ1) is 19.0. The van der Waals surface area contributed by atoms with Crippen molar-refractivity contribution in [3.05, 3.63) is 71.4 Å². The number of nitrogens with zero attached hydrogens (tertiary/aromatic N) is 2. The van der Waals surface area contributed by atoms with E-state index in [4.69, 9.17) is 21.4 Å². The predicted octanol–water partition coefficient (Wildman–Crippen LogP) is 4.70. The van der Waals surface area contributed by atoms with Crippen LogP contribution in [0.5, 0.6) is 11.5 Å². The predicted molar refractivity (Wildman–Crippen MR) is 108 cm³/mol. The molecule has 140 valence electrons. The molecular weight excluding hydrogens is 364 g/mol. The number of aliphatic carboxylic acids is 1. The van der Waals surface area contributed by atoms with E-state index in [-0.39, 0.29) is 12.1 Å². The number of carbonyl (C=O) groups is 1. The summed E-state index contributed by atoms with van der Waals surface area (Å²) < 4.78 is 8.13. The molecule has 1 aromatic heterocycles. The van der Waals surface area contributed by atoms with Crippen LogP contribution in [0.25, 0.3) is 10.9 Å². The Kier molecular flexibility index (Phi) is 5.54. The SMILES string of the molecule is C=C(CN(C)Cc1cc(Oc2ccc(Cl)cc2)c2ccn(C)c2c1)C(=O)O. The van der Waals surface area contributed by atoms with Gasteiger partial charge in [-0.1, -0.05) is 18.2 Å². The Morgan fingerprint density at radius 2 is 1.96 bits per heavy atom. The number of ether oxygens (including phenoxy) is 1. The van der Waals surface area contributed by atoms with Gasteiger partial charge >= 0.3 is 5.97 Å². The van der Waals surface area contributed by atoms with Crippen molar-refractivity contribution in [3.63, 3.8) is 0 Å². The molecule has 3 rings (SSSR count). The summed E-state index contributed by atoms with van der Waals surface area (Å²) in [5.41, 5.74) is 2.23. The van der Waals surface area contributed by atoms with E-state index in [0.29, 0.717) is 17.3 Å². The normalized spacial score (nSPS) is 11.1. The summed E-state index contributed by atoms with van der Waals surface area (Å²) >= 11 is 5.95. The highest BCUT2D eigenvalue weighted by Crippen LogP contribution is 2.33. The average molecular weight is 385 g/mol. The lowest BCUT2D eigenvalue weighted by Crippen LogP contribution is -2.23. The number of benzene rings is 2. The second-order valence-corrected chi connectivity index (χ2v) is 7.03. The lowest BCUT2D eigenvalue weighted by molar-refractivity contribution is -0.132. The van der Waals surface area contributed by atoms with Crippen LogP contribution in [0.3, 0.4) is 0 Å². The van der Waals surface area contributed by atoms with E-state index in [1.54, 1.807) is 12.1 Å². The van der Waals surface area contributed by atoms with Crippen molar-refractivity contribution in [2.75, 3.05) is 13.6 Å². The first-order chi connectivity index (χ1) is 12.8. The molecule has 0 unspecified atom stereocenters. The van der Waals surface area contributed by atoms with Crippen molar-refractivity contribution in [2.24, 2.45) is 7.05 Å². The van der Waals surface area contributed by atoms with Crippen molar-refractivity contribution in [1.29, 1.82) is 0 Å². The standard InChI is InChI=1S/C21H21ClN2O3/c1-14(21(25)26)12-23(2)13-15-10-19-18(8-9-24(19)3)20(11-15)27-17-6-4-16(22)5-7-17/h4-11H,1,12-13H2,2-3H3,(H,25,26). The highest BCUT2D eigenvalue weighted by Gasteiger charge is 2.13. The van der Waals surface area contributed by atoms with Crippen LogP contribution < -0.4 is 4.74 Å². The molecule has 0 saturated carbocycles. The minimum Gasteiger partial charge on any atom is -0.478 e. The molecule has 0 saturated heterocycles. The second-order valence-electron chi connectivity index (χ2n) is 6.59. The van der Waals surface area contributed by atoms with Gasteiger partial charge in [0.25, 0.3) is 0 Å². The molecule has 0 amide bonds. The van der Waals surface area contributed by atoms with E-state index in [1.807, 2.05) is 54.0 Å². The molecule has 0 aliphatic carbocycles. The molecule has 5 nitrogen and oxygen atoms in total. The monoisotopic (exact) mass is 384 g/mol. The maximum atomic E-state index is 11.0. The van der Waals surface area contributed by atoms with Crippen LogP contribution in [0.1, 0.15) is 5.56 Å². The van der Waals surface area contributed by atoms with Crippen molar-refractivity contribution in [2.45, 2.75) is 6.54 Å². The topological polar surface area (TPSA) is 54.7 Å². The van der Waals surface area contributed by atoms with Gasteiger partial charge in [0.05, 0.1) is 5.52 Å². The van der Waals surface area contributed by atoms with E-state index in [0.717, 1.165) is 22.2 Å². The minimum atomic E-state index is -0.980. The van der Waals surface area contributed by atoms with Gasteiger partial charge in [0, 0.05) is 42.3 Å². The molecule has 3 aromatic rings. The number of fused-ring (bicyclic) bond motifs is 1. The molecule has 0 aliphatic heterocycles. The van der Waals surface area contributed by atoms with Gasteiger partial charge in [0.2, 0.25) is 0 Å². The van der Waals surface area contributed by atoms with E-state index in [1.165, 1.54) is 0 Å². The zero-order chi connectivity index (χ0) is 19.6. The molecule has 27 heavy (non-hydrogen) atoms. The van der Waals surface area contributed by atoms with Gasteiger partial charge < -0.3 is 14.4 Å². The molecule has 2 aromatic carbocycles. The van der Waals surface area contributed by atoms with Crippen LogP contribution in [-0.4, -0.2) is 34.1 Å². The maximum absolute atomic E-state index is 11.0. The Labute approximate surface area is 163 Å². The summed E-state index contributed by atoms with van der Waals surface area (Å²) in [6.07, 6.45) is 1.99. The quantitative estimate of drug-likeness (QED) is 0.600. The average Bonchev–Trinajstić information content (AvgIpc) is 2.98. The summed E-state index contributed by atoms with van der Waals surface area (Å²) in [6, 6.07) is 13.3. The van der Waals surface area contributed by atoms with Gasteiger partial charge in [0.1, 0.15) is 11.5 Å². The molecule has 0 atom stereocenters. The largest absolute Gasteiger partial charge is 0.478 e. The highest BCUT2D eigenvalue weighted by molar-refractivity contribution is 6.30. The van der Waals surface area contributed by atoms with Crippen molar-refractivity contribution < 1.29 is 14.6 Å². The van der Waals surface area contributed by atoms with Crippen molar-refractivity contribution >= 4 is 28.5 Å². The fourth-order valence-corrected chi connectivity index (χ4v) is 3.09. The van der Waals surface area contributed by atoms with Crippen LogP contribution in [0.4, 0.5) is 0 Å². The van der Waals surface area contributed by atoms with Crippen molar-refractivity contribution in [1.82, 2.24) is 9.47 Å². The number of aryl methyl sites for hydroxylation is 1.